The van der Waals surface area contributed by atoms with Crippen LogP contribution in [0.25, 0.3) is 0 Å². The number of ether oxygens (including phenoxy) is 2. The number of hydrogen-bond donors (Lipinski definition) is 0. The molecule has 0 radical (unpaired) electrons. The molecule has 172 valence electrons. The number of hydrogen-bond acceptors (Lipinski definition) is 6. The van der Waals surface area contributed by atoms with Gasteiger partial charge >= 0.3 is 11.9 Å². The van der Waals surface area contributed by atoms with E-state index in [1.54, 1.807) is 0 Å². The van der Waals surface area contributed by atoms with Crippen molar-refractivity contribution in [1.82, 2.24) is 0 Å². The fraction of sp³-hybridized carbons (Fsp3) is 0.840. The number of fused-ring (bicyclic) bond motifs is 5. The Bertz CT molecular complexity index is 789. The normalized spacial score (nSPS) is 43.9. The molecule has 0 aromatic rings. The Labute approximate surface area is 184 Å². The van der Waals surface area contributed by atoms with Crippen LogP contribution < -0.4 is 0 Å². The molecule has 1 unspecified atom stereocenters. The summed E-state index contributed by atoms with van der Waals surface area (Å²) in [5.41, 5.74) is -0.114. The third-order valence-corrected chi connectivity index (χ3v) is 9.53. The summed E-state index contributed by atoms with van der Waals surface area (Å²) in [7, 11) is 0. The van der Waals surface area contributed by atoms with E-state index in [9.17, 15) is 19.2 Å². The van der Waals surface area contributed by atoms with Gasteiger partial charge in [0, 0.05) is 20.3 Å². The van der Waals surface area contributed by atoms with Crippen molar-refractivity contribution in [2.45, 2.75) is 85.2 Å². The smallest absolute Gasteiger partial charge is 0.303 e. The van der Waals surface area contributed by atoms with Gasteiger partial charge in [0.15, 0.2) is 12.4 Å². The Morgan fingerprint density at radius 1 is 0.935 bits per heavy atom. The summed E-state index contributed by atoms with van der Waals surface area (Å²) in [6, 6.07) is 0. The molecule has 8 atom stereocenters. The maximum atomic E-state index is 13.0. The number of esters is 2. The van der Waals surface area contributed by atoms with Crippen LogP contribution in [0, 0.1) is 40.4 Å². The molecule has 0 N–H and O–H groups in total. The first-order valence-electron chi connectivity index (χ1n) is 11.9. The van der Waals surface area contributed by atoms with Crippen molar-refractivity contribution in [1.29, 1.82) is 0 Å². The number of Topliss-reactive ketones (excluding diaryl/α,β-unsaturated/α-hetero) is 2. The van der Waals surface area contributed by atoms with Crippen molar-refractivity contribution >= 4 is 23.5 Å². The van der Waals surface area contributed by atoms with Gasteiger partial charge in [0.25, 0.3) is 0 Å². The minimum atomic E-state index is -0.636. The SMILES string of the molecule is CC(=O)OCC(=O)[C@H]1C(=O)C[C@H]2[C@@H]3CCC4C[C@@H](OC(C)=O)CC[C@]4(C)[C@H]3CC[C@]12C. The zero-order valence-corrected chi connectivity index (χ0v) is 19.3. The predicted octanol–water partition coefficient (Wildman–Crippen LogP) is 3.89. The highest BCUT2D eigenvalue weighted by molar-refractivity contribution is 6.06. The van der Waals surface area contributed by atoms with Crippen LogP contribution in [0.1, 0.15) is 79.1 Å². The zero-order chi connectivity index (χ0) is 22.6. The van der Waals surface area contributed by atoms with Crippen molar-refractivity contribution in [2.75, 3.05) is 6.61 Å². The molecule has 4 fully saturated rings. The number of rotatable bonds is 4. The van der Waals surface area contributed by atoms with Crippen LogP contribution >= 0.6 is 0 Å². The first-order valence-corrected chi connectivity index (χ1v) is 11.9. The minimum absolute atomic E-state index is 0.0381. The molecule has 0 aromatic heterocycles. The first-order chi connectivity index (χ1) is 14.6. The van der Waals surface area contributed by atoms with Gasteiger partial charge in [-0.05, 0) is 79.4 Å². The Kier molecular flexibility index (Phi) is 5.80. The van der Waals surface area contributed by atoms with Crippen LogP contribution in [0.4, 0.5) is 0 Å². The third-order valence-electron chi connectivity index (χ3n) is 9.53. The topological polar surface area (TPSA) is 86.7 Å². The summed E-state index contributed by atoms with van der Waals surface area (Å²) in [6.45, 7) is 7.03. The van der Waals surface area contributed by atoms with Crippen molar-refractivity contribution in [3.63, 3.8) is 0 Å². The summed E-state index contributed by atoms with van der Waals surface area (Å²) in [5.74, 6) is 0.288. The van der Waals surface area contributed by atoms with Crippen LogP contribution in [0.15, 0.2) is 0 Å². The summed E-state index contributed by atoms with van der Waals surface area (Å²) < 4.78 is 10.5. The maximum Gasteiger partial charge on any atom is 0.303 e. The summed E-state index contributed by atoms with van der Waals surface area (Å²) in [4.78, 5) is 48.5. The minimum Gasteiger partial charge on any atom is -0.463 e. The van der Waals surface area contributed by atoms with E-state index in [-0.39, 0.29) is 47.0 Å². The van der Waals surface area contributed by atoms with Crippen LogP contribution in [0.3, 0.4) is 0 Å². The molecule has 4 rings (SSSR count). The van der Waals surface area contributed by atoms with E-state index in [0.717, 1.165) is 44.9 Å². The summed E-state index contributed by atoms with van der Waals surface area (Å²) >= 11 is 0. The second-order valence-electron chi connectivity index (χ2n) is 11.1. The fourth-order valence-corrected chi connectivity index (χ4v) is 8.16. The van der Waals surface area contributed by atoms with E-state index < -0.39 is 11.9 Å². The molecule has 0 amide bonds. The summed E-state index contributed by atoms with van der Waals surface area (Å²) in [6.07, 6.45) is 7.53. The number of carbonyl (C=O) groups excluding carboxylic acids is 4. The third kappa shape index (κ3) is 3.74. The zero-order valence-electron chi connectivity index (χ0n) is 19.3. The molecule has 6 nitrogen and oxygen atoms in total. The molecule has 4 aliphatic carbocycles. The highest BCUT2D eigenvalue weighted by Gasteiger charge is 2.63. The molecule has 31 heavy (non-hydrogen) atoms. The molecule has 0 heterocycles. The van der Waals surface area contributed by atoms with Gasteiger partial charge in [0.05, 0.1) is 5.92 Å². The van der Waals surface area contributed by atoms with Crippen LogP contribution in [-0.4, -0.2) is 36.2 Å². The molecular weight excluding hydrogens is 396 g/mol. The molecule has 4 aliphatic rings. The van der Waals surface area contributed by atoms with Gasteiger partial charge in [-0.25, -0.2) is 0 Å². The van der Waals surface area contributed by atoms with E-state index in [0.29, 0.717) is 24.2 Å². The Morgan fingerprint density at radius 2 is 1.65 bits per heavy atom. The molecule has 0 saturated heterocycles. The van der Waals surface area contributed by atoms with E-state index >= 15 is 0 Å². The van der Waals surface area contributed by atoms with Gasteiger partial charge in [0.1, 0.15) is 11.9 Å². The van der Waals surface area contributed by atoms with Crippen LogP contribution in [-0.2, 0) is 28.7 Å². The lowest BCUT2D eigenvalue weighted by atomic mass is 9.44. The largest absolute Gasteiger partial charge is 0.463 e. The van der Waals surface area contributed by atoms with Crippen molar-refractivity contribution in [3.05, 3.63) is 0 Å². The molecule has 0 spiro atoms. The molecule has 4 saturated carbocycles. The maximum absolute atomic E-state index is 13.0. The van der Waals surface area contributed by atoms with Crippen LogP contribution in [0.5, 0.6) is 0 Å². The van der Waals surface area contributed by atoms with Crippen molar-refractivity contribution < 1.29 is 28.7 Å². The van der Waals surface area contributed by atoms with E-state index in [1.807, 2.05) is 0 Å². The number of ketones is 2. The highest BCUT2D eigenvalue weighted by atomic mass is 16.5. The van der Waals surface area contributed by atoms with Crippen LogP contribution in [0.2, 0.25) is 0 Å². The average molecular weight is 433 g/mol. The predicted molar refractivity (Wildman–Crippen MR) is 113 cm³/mol. The van der Waals surface area contributed by atoms with E-state index in [1.165, 1.54) is 13.8 Å². The monoisotopic (exact) mass is 432 g/mol. The quantitative estimate of drug-likeness (QED) is 0.495. The van der Waals surface area contributed by atoms with Gasteiger partial charge in [0.2, 0.25) is 0 Å². The lowest BCUT2D eigenvalue weighted by Crippen LogP contribution is -2.54. The molecule has 0 bridgehead atoms. The Morgan fingerprint density at radius 3 is 2.32 bits per heavy atom. The van der Waals surface area contributed by atoms with Gasteiger partial charge in [-0.15, -0.1) is 0 Å². The first kappa shape index (κ1) is 22.5. The lowest BCUT2D eigenvalue weighted by molar-refractivity contribution is -0.162. The molecular formula is C25H36O6. The molecule has 6 heteroatoms. The summed E-state index contributed by atoms with van der Waals surface area (Å²) in [5, 5.41) is 0. The molecule has 0 aliphatic heterocycles. The van der Waals surface area contributed by atoms with Gasteiger partial charge in [-0.2, -0.15) is 0 Å². The van der Waals surface area contributed by atoms with Crippen molar-refractivity contribution in [3.8, 4) is 0 Å². The van der Waals surface area contributed by atoms with E-state index in [4.69, 9.17) is 9.47 Å². The fourth-order valence-electron chi connectivity index (χ4n) is 8.16. The van der Waals surface area contributed by atoms with Gasteiger partial charge in [-0.1, -0.05) is 13.8 Å². The second kappa shape index (κ2) is 8.00. The molecule has 0 aromatic carbocycles. The van der Waals surface area contributed by atoms with Gasteiger partial charge < -0.3 is 9.47 Å². The highest BCUT2D eigenvalue weighted by Crippen LogP contribution is 2.67. The standard InChI is InChI=1S/C25H36O6/c1-14(26)30-13-22(29)23-21(28)12-20-18-6-5-16-11-17(31-15(2)27)7-9-24(16,3)19(18)8-10-25(20,23)4/h16-20,23H,5-13H2,1-4H3/t16?,17-,18+,19-,20-,23+,24-,25-/m0/s1. The average Bonchev–Trinajstić information content (AvgIpc) is 2.96. The Hall–Kier alpha value is -1.72. The second-order valence-corrected chi connectivity index (χ2v) is 11.1. The van der Waals surface area contributed by atoms with Crippen molar-refractivity contribution in [2.24, 2.45) is 40.4 Å². The van der Waals surface area contributed by atoms with Gasteiger partial charge in [-0.3, -0.25) is 19.2 Å². The lowest BCUT2D eigenvalue weighted by Gasteiger charge is -2.60. The van der Waals surface area contributed by atoms with E-state index in [2.05, 4.69) is 13.8 Å². The number of carbonyl (C=O) groups is 4. The Balaban J connectivity index is 1.52.